The van der Waals surface area contributed by atoms with Crippen molar-refractivity contribution in [3.63, 3.8) is 0 Å². The first-order chi connectivity index (χ1) is 14.4. The van der Waals surface area contributed by atoms with Crippen molar-refractivity contribution >= 4 is 11.8 Å². The topological polar surface area (TPSA) is 49.7 Å². The lowest BCUT2D eigenvalue weighted by molar-refractivity contribution is -0.0494. The monoisotopic (exact) mass is 436 g/mol. The molecule has 0 amide bonds. The van der Waals surface area contributed by atoms with Gasteiger partial charge in [-0.05, 0) is 54.2 Å². The zero-order chi connectivity index (χ0) is 21.7. The second-order valence-electron chi connectivity index (χ2n) is 6.81. The van der Waals surface area contributed by atoms with Crippen LogP contribution in [0.1, 0.15) is 37.0 Å². The van der Waals surface area contributed by atoms with E-state index in [1.165, 1.54) is 36.0 Å². The van der Waals surface area contributed by atoms with Gasteiger partial charge in [0.25, 0.3) is 0 Å². The number of aliphatic hydroxyl groups excluding tert-OH is 2. The minimum atomic E-state index is -3.03. The molecule has 0 unspecified atom stereocenters. The average Bonchev–Trinajstić information content (AvgIpc) is 2.99. The quantitative estimate of drug-likeness (QED) is 0.561. The van der Waals surface area contributed by atoms with Gasteiger partial charge in [-0.2, -0.15) is 8.78 Å². The lowest BCUT2D eigenvalue weighted by Crippen LogP contribution is -2.05. The summed E-state index contributed by atoms with van der Waals surface area (Å²) >= 11 is 1.29. The second kappa shape index (κ2) is 10.2. The van der Waals surface area contributed by atoms with Crippen LogP contribution in [-0.2, 0) is 6.42 Å². The molecule has 3 nitrogen and oxygen atoms in total. The summed E-state index contributed by atoms with van der Waals surface area (Å²) in [5, 5.41) is 20.4. The van der Waals surface area contributed by atoms with Gasteiger partial charge in [-0.15, -0.1) is 0 Å². The molecule has 0 bridgehead atoms. The third kappa shape index (κ3) is 5.28. The van der Waals surface area contributed by atoms with Crippen molar-refractivity contribution in [1.82, 2.24) is 0 Å². The van der Waals surface area contributed by atoms with Crippen molar-refractivity contribution in [2.45, 2.75) is 38.9 Å². The number of thioether (sulfide) groups is 1. The molecule has 1 atom stereocenters. The van der Waals surface area contributed by atoms with Gasteiger partial charge < -0.3 is 14.9 Å². The van der Waals surface area contributed by atoms with Crippen molar-refractivity contribution in [3.05, 3.63) is 75.3 Å². The van der Waals surface area contributed by atoms with Crippen LogP contribution in [0.2, 0.25) is 0 Å². The molecular formula is C23H23F3O3S. The SMILES string of the molecule is CCc1ccc(-c2cc([C@@H](O)C3=CCCC=C(CO)S3)ccc2OC(F)F)cc1F. The highest BCUT2D eigenvalue weighted by Gasteiger charge is 2.20. The Morgan fingerprint density at radius 2 is 1.87 bits per heavy atom. The van der Waals surface area contributed by atoms with Crippen molar-refractivity contribution in [3.8, 4) is 16.9 Å². The smallest absolute Gasteiger partial charge is 0.387 e. The first-order valence-electron chi connectivity index (χ1n) is 9.66. The number of hydrogen-bond donors (Lipinski definition) is 2. The minimum Gasteiger partial charge on any atom is -0.434 e. The Labute approximate surface area is 177 Å². The molecule has 1 aliphatic heterocycles. The number of aryl methyl sites for hydroxylation is 1. The maximum absolute atomic E-state index is 14.3. The van der Waals surface area contributed by atoms with E-state index in [0.717, 1.165) is 11.3 Å². The molecule has 0 spiro atoms. The Bertz CT molecular complexity index is 957. The van der Waals surface area contributed by atoms with Gasteiger partial charge in [0.05, 0.1) is 6.61 Å². The van der Waals surface area contributed by atoms with E-state index >= 15 is 0 Å². The van der Waals surface area contributed by atoms with E-state index in [1.54, 1.807) is 12.1 Å². The van der Waals surface area contributed by atoms with Crippen LogP contribution in [0.5, 0.6) is 5.75 Å². The molecule has 0 saturated carbocycles. The Hall–Kier alpha value is -2.22. The van der Waals surface area contributed by atoms with E-state index in [1.807, 2.05) is 19.1 Å². The van der Waals surface area contributed by atoms with Crippen LogP contribution >= 0.6 is 11.8 Å². The molecule has 1 heterocycles. The van der Waals surface area contributed by atoms with Crippen LogP contribution in [0.3, 0.4) is 0 Å². The van der Waals surface area contributed by atoms with Gasteiger partial charge in [0.15, 0.2) is 0 Å². The van der Waals surface area contributed by atoms with Crippen molar-refractivity contribution in [1.29, 1.82) is 0 Å². The van der Waals surface area contributed by atoms with Crippen LogP contribution in [0.15, 0.2) is 58.4 Å². The molecule has 1 aliphatic rings. The highest BCUT2D eigenvalue weighted by Crippen LogP contribution is 2.41. The van der Waals surface area contributed by atoms with Crippen LogP contribution in [0.4, 0.5) is 13.2 Å². The minimum absolute atomic E-state index is 0.0944. The molecule has 0 aromatic heterocycles. The number of aliphatic hydroxyl groups is 2. The zero-order valence-corrected chi connectivity index (χ0v) is 17.3. The van der Waals surface area contributed by atoms with E-state index in [2.05, 4.69) is 4.74 Å². The summed E-state index contributed by atoms with van der Waals surface area (Å²) in [5.74, 6) is -0.522. The first-order valence-corrected chi connectivity index (χ1v) is 10.5. The van der Waals surface area contributed by atoms with E-state index in [9.17, 15) is 23.4 Å². The predicted molar refractivity (Wildman–Crippen MR) is 113 cm³/mol. The molecule has 30 heavy (non-hydrogen) atoms. The van der Waals surface area contributed by atoms with Gasteiger partial charge in [0.1, 0.15) is 17.7 Å². The number of benzene rings is 2. The Balaban J connectivity index is 2.01. The lowest BCUT2D eigenvalue weighted by Gasteiger charge is -2.18. The van der Waals surface area contributed by atoms with Crippen LogP contribution in [-0.4, -0.2) is 23.4 Å². The Kier molecular flexibility index (Phi) is 7.64. The molecule has 7 heteroatoms. The normalized spacial score (nSPS) is 15.4. The largest absolute Gasteiger partial charge is 0.434 e. The summed E-state index contributed by atoms with van der Waals surface area (Å²) in [7, 11) is 0. The van der Waals surface area contributed by atoms with E-state index < -0.39 is 18.5 Å². The number of alkyl halides is 2. The van der Waals surface area contributed by atoms with Gasteiger partial charge in [0.2, 0.25) is 0 Å². The first kappa shape index (κ1) is 22.5. The van der Waals surface area contributed by atoms with Crippen LogP contribution in [0.25, 0.3) is 11.1 Å². The third-order valence-corrected chi connectivity index (χ3v) is 6.02. The fraction of sp³-hybridized carbons (Fsp3) is 0.304. The highest BCUT2D eigenvalue weighted by atomic mass is 32.2. The van der Waals surface area contributed by atoms with Crippen molar-refractivity contribution in [2.24, 2.45) is 0 Å². The molecule has 0 aliphatic carbocycles. The molecule has 0 fully saturated rings. The number of halogens is 3. The van der Waals surface area contributed by atoms with E-state index in [4.69, 9.17) is 0 Å². The molecule has 0 radical (unpaired) electrons. The Morgan fingerprint density at radius 3 is 2.53 bits per heavy atom. The van der Waals surface area contributed by atoms with Gasteiger partial charge in [0, 0.05) is 15.4 Å². The van der Waals surface area contributed by atoms with Crippen LogP contribution in [0, 0.1) is 5.82 Å². The predicted octanol–water partition coefficient (Wildman–Crippen LogP) is 5.98. The van der Waals surface area contributed by atoms with Crippen molar-refractivity contribution in [2.75, 3.05) is 6.61 Å². The standard InChI is InChI=1S/C23H23F3O3S/c1-2-14-7-8-15(12-19(14)24)18-11-16(9-10-20(18)29-23(25)26)22(28)21-6-4-3-5-17(13-27)30-21/h5-12,22-23,27-28H,2-4,13H2,1H3/t22-/m1/s1. The average molecular weight is 436 g/mol. The molecule has 2 N–H and O–H groups in total. The number of ether oxygens (including phenoxy) is 1. The van der Waals surface area contributed by atoms with E-state index in [-0.39, 0.29) is 17.9 Å². The van der Waals surface area contributed by atoms with Gasteiger partial charge in [-0.3, -0.25) is 0 Å². The van der Waals surface area contributed by atoms with Gasteiger partial charge in [-0.25, -0.2) is 4.39 Å². The molecule has 160 valence electrons. The second-order valence-corrected chi connectivity index (χ2v) is 8.01. The summed E-state index contributed by atoms with van der Waals surface area (Å²) in [6.07, 6.45) is 4.79. The highest BCUT2D eigenvalue weighted by molar-refractivity contribution is 8.06. The van der Waals surface area contributed by atoms with E-state index in [0.29, 0.717) is 34.4 Å². The number of rotatable bonds is 7. The summed E-state index contributed by atoms with van der Waals surface area (Å²) in [5.41, 5.74) is 1.64. The van der Waals surface area contributed by atoms with Gasteiger partial charge in [-0.1, -0.05) is 49.0 Å². The molecule has 2 aromatic carbocycles. The number of hydrogen-bond acceptors (Lipinski definition) is 4. The summed E-state index contributed by atoms with van der Waals surface area (Å²) in [4.78, 5) is 1.39. The zero-order valence-electron chi connectivity index (χ0n) is 16.4. The molecule has 3 rings (SSSR count). The fourth-order valence-electron chi connectivity index (χ4n) is 3.28. The van der Waals surface area contributed by atoms with Crippen LogP contribution < -0.4 is 4.74 Å². The number of allylic oxidation sites excluding steroid dienone is 2. The molecular weight excluding hydrogens is 413 g/mol. The van der Waals surface area contributed by atoms with Crippen molar-refractivity contribution < 1.29 is 28.1 Å². The molecule has 0 saturated heterocycles. The maximum Gasteiger partial charge on any atom is 0.387 e. The van der Waals surface area contributed by atoms with Gasteiger partial charge >= 0.3 is 6.61 Å². The maximum atomic E-state index is 14.3. The summed E-state index contributed by atoms with van der Waals surface area (Å²) in [6, 6.07) is 8.96. The summed E-state index contributed by atoms with van der Waals surface area (Å²) in [6.45, 7) is -1.32. The molecule has 2 aromatic rings. The lowest BCUT2D eigenvalue weighted by atomic mass is 9.97. The third-order valence-electron chi connectivity index (χ3n) is 4.84. The Morgan fingerprint density at radius 1 is 1.10 bits per heavy atom. The summed E-state index contributed by atoms with van der Waals surface area (Å²) < 4.78 is 44.8. The fourth-order valence-corrected chi connectivity index (χ4v) is 4.29.